The molecule has 0 bridgehead atoms. The molecule has 0 aromatic carbocycles. The summed E-state index contributed by atoms with van der Waals surface area (Å²) in [4.78, 5) is 24.5. The first-order valence-corrected chi connectivity index (χ1v) is 29.3. The molecule has 1 amide bonds. The SMILES string of the molecule is CCCCCCCCCCCCCCCCCCCC(O)C(CO)NC(=O)CCCCCCCCCCCCCCCCCCCOC(=O)CCCCCCCCCCCCCCC. The highest BCUT2D eigenvalue weighted by Gasteiger charge is 2.20. The fourth-order valence-corrected chi connectivity index (χ4v) is 9.41. The lowest BCUT2D eigenvalue weighted by atomic mass is 10.0. The maximum Gasteiger partial charge on any atom is 0.305 e. The van der Waals surface area contributed by atoms with Crippen LogP contribution in [-0.4, -0.2) is 47.4 Å². The zero-order valence-electron chi connectivity index (χ0n) is 43.5. The van der Waals surface area contributed by atoms with E-state index >= 15 is 0 Å². The predicted octanol–water partition coefficient (Wildman–Crippen LogP) is 17.9. The number of unbranched alkanes of at least 4 members (excludes halogenated alkanes) is 44. The van der Waals surface area contributed by atoms with Crippen LogP contribution in [0.4, 0.5) is 0 Å². The molecule has 0 aromatic heterocycles. The Hall–Kier alpha value is -1.14. The van der Waals surface area contributed by atoms with Crippen LogP contribution in [0.5, 0.6) is 0 Å². The van der Waals surface area contributed by atoms with Crippen LogP contribution in [0.1, 0.15) is 335 Å². The fourth-order valence-electron chi connectivity index (χ4n) is 9.41. The third kappa shape index (κ3) is 50.3. The normalized spacial score (nSPS) is 12.5. The van der Waals surface area contributed by atoms with E-state index < -0.39 is 12.1 Å². The van der Waals surface area contributed by atoms with E-state index in [1.54, 1.807) is 0 Å². The lowest BCUT2D eigenvalue weighted by molar-refractivity contribution is -0.143. The van der Waals surface area contributed by atoms with Crippen LogP contribution in [-0.2, 0) is 14.3 Å². The molecule has 6 heteroatoms. The highest BCUT2D eigenvalue weighted by atomic mass is 16.5. The van der Waals surface area contributed by atoms with Gasteiger partial charge in [-0.05, 0) is 25.7 Å². The summed E-state index contributed by atoms with van der Waals surface area (Å²) in [5.41, 5.74) is 0. The quantitative estimate of drug-likeness (QED) is 0.0417. The van der Waals surface area contributed by atoms with Gasteiger partial charge in [0.25, 0.3) is 0 Å². The van der Waals surface area contributed by atoms with Crippen LogP contribution >= 0.6 is 0 Å². The van der Waals surface area contributed by atoms with E-state index in [-0.39, 0.29) is 18.5 Å². The summed E-state index contributed by atoms with van der Waals surface area (Å²) in [5, 5.41) is 23.3. The van der Waals surface area contributed by atoms with Crippen molar-refractivity contribution in [1.29, 1.82) is 0 Å². The number of aliphatic hydroxyl groups excluding tert-OH is 2. The first kappa shape index (κ1) is 62.9. The second-order valence-corrected chi connectivity index (χ2v) is 20.3. The molecule has 2 atom stereocenters. The van der Waals surface area contributed by atoms with Gasteiger partial charge in [-0.3, -0.25) is 9.59 Å². The molecule has 0 aromatic rings. The Morgan fingerprint density at radius 2 is 0.641 bits per heavy atom. The molecule has 382 valence electrons. The van der Waals surface area contributed by atoms with E-state index in [4.69, 9.17) is 4.74 Å². The zero-order chi connectivity index (χ0) is 46.5. The third-order valence-electron chi connectivity index (χ3n) is 13.9. The molecule has 3 N–H and O–H groups in total. The van der Waals surface area contributed by atoms with Crippen LogP contribution < -0.4 is 5.32 Å². The minimum Gasteiger partial charge on any atom is -0.466 e. The Morgan fingerprint density at radius 3 is 0.953 bits per heavy atom. The summed E-state index contributed by atoms with van der Waals surface area (Å²) in [7, 11) is 0. The molecule has 0 aliphatic carbocycles. The summed E-state index contributed by atoms with van der Waals surface area (Å²) >= 11 is 0. The van der Waals surface area contributed by atoms with Gasteiger partial charge in [-0.2, -0.15) is 0 Å². The highest BCUT2D eigenvalue weighted by molar-refractivity contribution is 5.76. The van der Waals surface area contributed by atoms with Crippen molar-refractivity contribution in [3.8, 4) is 0 Å². The molecule has 0 saturated heterocycles. The summed E-state index contributed by atoms with van der Waals surface area (Å²) in [6.07, 6.45) is 62.3. The molecule has 0 radical (unpaired) electrons. The van der Waals surface area contributed by atoms with Crippen molar-refractivity contribution < 1.29 is 24.5 Å². The Labute approximate surface area is 400 Å². The van der Waals surface area contributed by atoms with Gasteiger partial charge in [0.05, 0.1) is 25.4 Å². The Morgan fingerprint density at radius 1 is 0.375 bits per heavy atom. The lowest BCUT2D eigenvalue weighted by Gasteiger charge is -2.22. The van der Waals surface area contributed by atoms with Crippen molar-refractivity contribution in [2.45, 2.75) is 347 Å². The monoisotopic (exact) mass is 906 g/mol. The summed E-state index contributed by atoms with van der Waals surface area (Å²) < 4.78 is 5.47. The van der Waals surface area contributed by atoms with E-state index in [2.05, 4.69) is 19.2 Å². The molecule has 0 aliphatic rings. The summed E-state index contributed by atoms with van der Waals surface area (Å²) in [5.74, 6) is -0.0289. The zero-order valence-corrected chi connectivity index (χ0v) is 43.5. The van der Waals surface area contributed by atoms with Gasteiger partial charge < -0.3 is 20.3 Å². The second-order valence-electron chi connectivity index (χ2n) is 20.3. The van der Waals surface area contributed by atoms with Crippen molar-refractivity contribution >= 4 is 11.9 Å². The Balaban J connectivity index is 3.40. The predicted molar refractivity (Wildman–Crippen MR) is 278 cm³/mol. The van der Waals surface area contributed by atoms with Gasteiger partial charge in [-0.15, -0.1) is 0 Å². The third-order valence-corrected chi connectivity index (χ3v) is 13.9. The number of carbonyl (C=O) groups is 2. The Kier molecular flexibility index (Phi) is 53.5. The largest absolute Gasteiger partial charge is 0.466 e. The van der Waals surface area contributed by atoms with Crippen LogP contribution in [0.2, 0.25) is 0 Å². The van der Waals surface area contributed by atoms with Gasteiger partial charge in [0.1, 0.15) is 0 Å². The van der Waals surface area contributed by atoms with Crippen LogP contribution in [0.3, 0.4) is 0 Å². The second kappa shape index (κ2) is 54.5. The average Bonchev–Trinajstić information content (AvgIpc) is 3.29. The lowest BCUT2D eigenvalue weighted by Crippen LogP contribution is -2.45. The van der Waals surface area contributed by atoms with Crippen molar-refractivity contribution in [2.24, 2.45) is 0 Å². The van der Waals surface area contributed by atoms with Gasteiger partial charge in [-0.1, -0.05) is 296 Å². The first-order valence-electron chi connectivity index (χ1n) is 29.3. The number of amides is 1. The van der Waals surface area contributed by atoms with Gasteiger partial charge in [0.2, 0.25) is 5.91 Å². The molecule has 0 saturated carbocycles. The van der Waals surface area contributed by atoms with Gasteiger partial charge >= 0.3 is 5.97 Å². The number of ether oxygens (including phenoxy) is 1. The number of esters is 1. The van der Waals surface area contributed by atoms with Gasteiger partial charge in [-0.25, -0.2) is 0 Å². The molecular formula is C58H115NO5. The number of aliphatic hydroxyl groups is 2. The number of carbonyl (C=O) groups excluding carboxylic acids is 2. The maximum atomic E-state index is 12.5. The molecule has 2 unspecified atom stereocenters. The topological polar surface area (TPSA) is 95.9 Å². The number of rotatable bonds is 55. The molecule has 6 nitrogen and oxygen atoms in total. The van der Waals surface area contributed by atoms with E-state index in [0.717, 1.165) is 38.5 Å². The van der Waals surface area contributed by atoms with E-state index in [9.17, 15) is 19.8 Å². The molecule has 0 rings (SSSR count). The molecule has 0 fully saturated rings. The standard InChI is InChI=1S/C58H115NO5/c1-3-5-7-9-11-13-15-17-18-20-23-27-30-34-38-42-46-50-56(61)55(54-60)59-57(62)51-47-43-39-35-31-28-24-21-19-22-25-29-33-37-41-45-49-53-64-58(63)52-48-44-40-36-32-26-16-14-12-10-8-6-4-2/h55-56,60-61H,3-54H2,1-2H3,(H,59,62). The van der Waals surface area contributed by atoms with Crippen LogP contribution in [0.15, 0.2) is 0 Å². The van der Waals surface area contributed by atoms with Gasteiger partial charge in [0, 0.05) is 12.8 Å². The maximum absolute atomic E-state index is 12.5. The highest BCUT2D eigenvalue weighted by Crippen LogP contribution is 2.18. The van der Waals surface area contributed by atoms with Gasteiger partial charge in [0.15, 0.2) is 0 Å². The average molecular weight is 907 g/mol. The smallest absolute Gasteiger partial charge is 0.305 e. The van der Waals surface area contributed by atoms with Crippen molar-refractivity contribution in [2.75, 3.05) is 13.2 Å². The number of nitrogens with one attached hydrogen (secondary N) is 1. The molecule has 0 spiro atoms. The van der Waals surface area contributed by atoms with Crippen LogP contribution in [0, 0.1) is 0 Å². The van der Waals surface area contributed by atoms with E-state index in [1.165, 1.54) is 263 Å². The molecule has 0 aliphatic heterocycles. The number of hydrogen-bond acceptors (Lipinski definition) is 5. The Bertz CT molecular complexity index is 913. The summed E-state index contributed by atoms with van der Waals surface area (Å²) in [6, 6.07) is -0.544. The van der Waals surface area contributed by atoms with Crippen LogP contribution in [0.25, 0.3) is 0 Å². The molecular weight excluding hydrogens is 791 g/mol. The minimum atomic E-state index is -0.666. The fraction of sp³-hybridized carbons (Fsp3) is 0.966. The number of hydrogen-bond donors (Lipinski definition) is 3. The minimum absolute atomic E-state index is 0.00794. The van der Waals surface area contributed by atoms with Crippen molar-refractivity contribution in [1.82, 2.24) is 5.32 Å². The summed E-state index contributed by atoms with van der Waals surface area (Å²) in [6.45, 7) is 4.97. The molecule has 64 heavy (non-hydrogen) atoms. The van der Waals surface area contributed by atoms with Crippen molar-refractivity contribution in [3.05, 3.63) is 0 Å². The van der Waals surface area contributed by atoms with E-state index in [0.29, 0.717) is 25.9 Å². The molecule has 0 heterocycles. The first-order chi connectivity index (χ1) is 31.5. The van der Waals surface area contributed by atoms with E-state index in [1.807, 2.05) is 0 Å². The van der Waals surface area contributed by atoms with Crippen molar-refractivity contribution in [3.63, 3.8) is 0 Å².